The molecule has 0 aromatic heterocycles. The van der Waals surface area contributed by atoms with Crippen LogP contribution in [0.25, 0.3) is 0 Å². The van der Waals surface area contributed by atoms with Crippen LogP contribution in [0.15, 0.2) is 0 Å². The third kappa shape index (κ3) is 9.02. The van der Waals surface area contributed by atoms with Crippen LogP contribution in [-0.4, -0.2) is 24.6 Å². The third-order valence-corrected chi connectivity index (χ3v) is 2.61. The van der Waals surface area contributed by atoms with Crippen LogP contribution in [0, 0.1) is 0 Å². The Bertz CT molecular complexity index is 238. The van der Waals surface area contributed by atoms with Gasteiger partial charge in [0.15, 0.2) is 0 Å². The van der Waals surface area contributed by atoms with Crippen LogP contribution >= 0.6 is 0 Å². The van der Waals surface area contributed by atoms with Crippen molar-refractivity contribution < 1.29 is 19.1 Å². The summed E-state index contributed by atoms with van der Waals surface area (Å²) in [6.07, 6.45) is 4.69. The molecular weight excluding hydrogens is 232 g/mol. The largest absolute Gasteiger partial charge is 0.466 e. The summed E-state index contributed by atoms with van der Waals surface area (Å²) in [5, 5.41) is 0. The zero-order chi connectivity index (χ0) is 13.8. The van der Waals surface area contributed by atoms with Gasteiger partial charge < -0.3 is 9.47 Å². The van der Waals surface area contributed by atoms with Crippen LogP contribution in [-0.2, 0) is 19.1 Å². The van der Waals surface area contributed by atoms with E-state index < -0.39 is 0 Å². The van der Waals surface area contributed by atoms with Crippen molar-refractivity contribution in [3.8, 4) is 0 Å². The Hall–Kier alpha value is -1.06. The first kappa shape index (κ1) is 16.9. The molecule has 1 atom stereocenters. The standard InChI is InChI=1S/C14H26O4/c1-4-7-8-10-17-14(16)11-12(6-3)18-13(15)9-5-2/h12H,4-11H2,1-3H3. The molecule has 106 valence electrons. The predicted molar refractivity (Wildman–Crippen MR) is 70.2 cm³/mol. The van der Waals surface area contributed by atoms with Gasteiger partial charge in [0.2, 0.25) is 0 Å². The lowest BCUT2D eigenvalue weighted by atomic mass is 10.2. The minimum atomic E-state index is -0.345. The topological polar surface area (TPSA) is 52.6 Å². The highest BCUT2D eigenvalue weighted by Gasteiger charge is 2.17. The Morgan fingerprint density at radius 1 is 1.00 bits per heavy atom. The Kier molecular flexibility index (Phi) is 10.4. The molecule has 4 nitrogen and oxygen atoms in total. The number of carbonyl (C=O) groups excluding carboxylic acids is 2. The molecule has 0 heterocycles. The quantitative estimate of drug-likeness (QED) is 0.446. The molecule has 0 amide bonds. The zero-order valence-corrected chi connectivity index (χ0v) is 11.9. The van der Waals surface area contributed by atoms with Crippen LogP contribution in [0.1, 0.15) is 65.7 Å². The molecule has 0 fully saturated rings. The lowest BCUT2D eigenvalue weighted by molar-refractivity contribution is -0.155. The second kappa shape index (κ2) is 11.1. The number of rotatable bonds is 10. The molecule has 1 unspecified atom stereocenters. The molecule has 0 aliphatic heterocycles. The van der Waals surface area contributed by atoms with Crippen molar-refractivity contribution in [2.24, 2.45) is 0 Å². The molecule has 0 aromatic rings. The highest BCUT2D eigenvalue weighted by Crippen LogP contribution is 2.08. The maximum Gasteiger partial charge on any atom is 0.309 e. The Balaban J connectivity index is 3.82. The van der Waals surface area contributed by atoms with E-state index in [2.05, 4.69) is 6.92 Å². The van der Waals surface area contributed by atoms with E-state index >= 15 is 0 Å². The molecule has 0 spiro atoms. The minimum absolute atomic E-state index is 0.165. The van der Waals surface area contributed by atoms with Crippen LogP contribution < -0.4 is 0 Å². The molecule has 0 rings (SSSR count). The average Bonchev–Trinajstić information content (AvgIpc) is 2.34. The highest BCUT2D eigenvalue weighted by molar-refractivity contribution is 5.72. The number of hydrogen-bond donors (Lipinski definition) is 0. The summed E-state index contributed by atoms with van der Waals surface area (Å²) in [5.41, 5.74) is 0. The van der Waals surface area contributed by atoms with Crippen molar-refractivity contribution in [2.75, 3.05) is 6.61 Å². The van der Waals surface area contributed by atoms with Gasteiger partial charge in [-0.2, -0.15) is 0 Å². The van der Waals surface area contributed by atoms with Gasteiger partial charge >= 0.3 is 11.9 Å². The van der Waals surface area contributed by atoms with Gasteiger partial charge in [-0.25, -0.2) is 0 Å². The molecule has 0 saturated heterocycles. The Morgan fingerprint density at radius 2 is 1.72 bits per heavy atom. The van der Waals surface area contributed by atoms with E-state index in [-0.39, 0.29) is 24.5 Å². The SMILES string of the molecule is CCCCCOC(=O)CC(CC)OC(=O)CCC. The summed E-state index contributed by atoms with van der Waals surface area (Å²) in [7, 11) is 0. The van der Waals surface area contributed by atoms with Crippen LogP contribution in [0.2, 0.25) is 0 Å². The second-order valence-corrected chi connectivity index (χ2v) is 4.40. The fourth-order valence-corrected chi connectivity index (χ4v) is 1.50. The first-order chi connectivity index (χ1) is 8.63. The molecule has 0 saturated carbocycles. The van der Waals surface area contributed by atoms with E-state index in [0.29, 0.717) is 19.4 Å². The number of carbonyl (C=O) groups is 2. The summed E-state index contributed by atoms with van der Waals surface area (Å²) in [4.78, 5) is 22.8. The fraction of sp³-hybridized carbons (Fsp3) is 0.857. The van der Waals surface area contributed by atoms with Crippen molar-refractivity contribution in [3.63, 3.8) is 0 Å². The third-order valence-electron chi connectivity index (χ3n) is 2.61. The minimum Gasteiger partial charge on any atom is -0.466 e. The smallest absolute Gasteiger partial charge is 0.309 e. The van der Waals surface area contributed by atoms with Gasteiger partial charge in [-0.15, -0.1) is 0 Å². The van der Waals surface area contributed by atoms with E-state index in [1.807, 2.05) is 13.8 Å². The first-order valence-electron chi connectivity index (χ1n) is 6.99. The van der Waals surface area contributed by atoms with Crippen molar-refractivity contribution in [1.82, 2.24) is 0 Å². The molecule has 0 aliphatic carbocycles. The van der Waals surface area contributed by atoms with Gasteiger partial charge in [0.1, 0.15) is 6.10 Å². The average molecular weight is 258 g/mol. The number of hydrogen-bond acceptors (Lipinski definition) is 4. The molecular formula is C14H26O4. The van der Waals surface area contributed by atoms with Crippen LogP contribution in [0.3, 0.4) is 0 Å². The van der Waals surface area contributed by atoms with E-state index in [0.717, 1.165) is 25.7 Å². The monoisotopic (exact) mass is 258 g/mol. The summed E-state index contributed by atoms with van der Waals surface area (Å²) in [6.45, 7) is 6.38. The normalized spacial score (nSPS) is 11.9. The molecule has 0 N–H and O–H groups in total. The molecule has 0 aromatic carbocycles. The molecule has 4 heteroatoms. The molecule has 0 radical (unpaired) electrons. The van der Waals surface area contributed by atoms with Crippen molar-refractivity contribution in [3.05, 3.63) is 0 Å². The maximum absolute atomic E-state index is 11.5. The lowest BCUT2D eigenvalue weighted by Crippen LogP contribution is -2.22. The van der Waals surface area contributed by atoms with Crippen molar-refractivity contribution >= 4 is 11.9 Å². The fourth-order valence-electron chi connectivity index (χ4n) is 1.50. The maximum atomic E-state index is 11.5. The van der Waals surface area contributed by atoms with Gasteiger partial charge in [0.25, 0.3) is 0 Å². The predicted octanol–water partition coefficient (Wildman–Crippen LogP) is 3.23. The van der Waals surface area contributed by atoms with Gasteiger partial charge in [-0.1, -0.05) is 33.6 Å². The Morgan fingerprint density at radius 3 is 2.28 bits per heavy atom. The van der Waals surface area contributed by atoms with Crippen LogP contribution in [0.5, 0.6) is 0 Å². The van der Waals surface area contributed by atoms with Gasteiger partial charge in [0.05, 0.1) is 13.0 Å². The van der Waals surface area contributed by atoms with Gasteiger partial charge in [-0.3, -0.25) is 9.59 Å². The van der Waals surface area contributed by atoms with Crippen molar-refractivity contribution in [1.29, 1.82) is 0 Å². The number of unbranched alkanes of at least 4 members (excludes halogenated alkanes) is 2. The summed E-state index contributed by atoms with van der Waals surface area (Å²) < 4.78 is 10.3. The van der Waals surface area contributed by atoms with E-state index in [1.165, 1.54) is 0 Å². The number of esters is 2. The van der Waals surface area contributed by atoms with E-state index in [4.69, 9.17) is 9.47 Å². The summed E-state index contributed by atoms with van der Waals surface area (Å²) in [5.74, 6) is -0.509. The lowest BCUT2D eigenvalue weighted by Gasteiger charge is -2.15. The Labute approximate surface area is 110 Å². The highest BCUT2D eigenvalue weighted by atomic mass is 16.6. The van der Waals surface area contributed by atoms with E-state index in [1.54, 1.807) is 0 Å². The van der Waals surface area contributed by atoms with Crippen molar-refractivity contribution in [2.45, 2.75) is 71.8 Å². The zero-order valence-electron chi connectivity index (χ0n) is 11.9. The molecule has 18 heavy (non-hydrogen) atoms. The molecule has 0 aliphatic rings. The first-order valence-corrected chi connectivity index (χ1v) is 6.99. The number of ether oxygens (including phenoxy) is 2. The van der Waals surface area contributed by atoms with Gasteiger partial charge in [-0.05, 0) is 19.3 Å². The molecule has 0 bridgehead atoms. The van der Waals surface area contributed by atoms with Crippen LogP contribution in [0.4, 0.5) is 0 Å². The van der Waals surface area contributed by atoms with Gasteiger partial charge in [0, 0.05) is 6.42 Å². The summed E-state index contributed by atoms with van der Waals surface area (Å²) >= 11 is 0. The van der Waals surface area contributed by atoms with E-state index in [9.17, 15) is 9.59 Å². The second-order valence-electron chi connectivity index (χ2n) is 4.40. The summed E-state index contributed by atoms with van der Waals surface area (Å²) in [6, 6.07) is 0.